The molecule has 8 nitrogen and oxygen atoms in total. The molecule has 0 amide bonds. The van der Waals surface area contributed by atoms with Crippen molar-refractivity contribution in [2.24, 2.45) is 5.14 Å². The zero-order chi connectivity index (χ0) is 22.9. The van der Waals surface area contributed by atoms with Crippen LogP contribution in [0.1, 0.15) is 21.7 Å². The van der Waals surface area contributed by atoms with Crippen molar-refractivity contribution >= 4 is 27.6 Å². The molecule has 2 N–H and O–H groups in total. The number of carbonyl (C=O) groups is 1. The molecule has 0 saturated carbocycles. The lowest BCUT2D eigenvalue weighted by molar-refractivity contribution is 0.102. The molecule has 0 saturated heterocycles. The smallest absolute Gasteiger partial charge is 0.238 e. The van der Waals surface area contributed by atoms with Crippen molar-refractivity contribution in [1.29, 1.82) is 0 Å². The Bertz CT molecular complexity index is 1370. The number of para-hydroxylation sites is 1. The van der Waals surface area contributed by atoms with Crippen LogP contribution in [0.3, 0.4) is 0 Å². The fourth-order valence-electron chi connectivity index (χ4n) is 3.52. The van der Waals surface area contributed by atoms with E-state index in [1.54, 1.807) is 18.5 Å². The maximum Gasteiger partial charge on any atom is 0.238 e. The van der Waals surface area contributed by atoms with E-state index in [1.165, 1.54) is 23.9 Å². The predicted molar refractivity (Wildman–Crippen MR) is 123 cm³/mol. The maximum atomic E-state index is 13.0. The van der Waals surface area contributed by atoms with Crippen LogP contribution in [0, 0.1) is 13.8 Å². The minimum absolute atomic E-state index is 0.0295. The minimum atomic E-state index is -3.76. The van der Waals surface area contributed by atoms with Gasteiger partial charge in [-0.25, -0.2) is 13.6 Å². The number of aromatic nitrogens is 4. The molecule has 0 spiro atoms. The quantitative estimate of drug-likeness (QED) is 0.330. The summed E-state index contributed by atoms with van der Waals surface area (Å²) < 4.78 is 26.8. The second-order valence-electron chi connectivity index (χ2n) is 7.19. The van der Waals surface area contributed by atoms with Crippen molar-refractivity contribution in [3.8, 4) is 11.4 Å². The summed E-state index contributed by atoms with van der Waals surface area (Å²) in [5.41, 5.74) is 3.93. The highest BCUT2D eigenvalue weighted by Crippen LogP contribution is 2.25. The molecule has 164 valence electrons. The Kier molecular flexibility index (Phi) is 6.00. The van der Waals surface area contributed by atoms with Gasteiger partial charge in [0.1, 0.15) is 6.33 Å². The molecule has 0 atom stereocenters. The third-order valence-electron chi connectivity index (χ3n) is 5.04. The van der Waals surface area contributed by atoms with E-state index >= 15 is 0 Å². The Morgan fingerprint density at radius 3 is 2.38 bits per heavy atom. The molecule has 0 aliphatic rings. The van der Waals surface area contributed by atoms with Crippen LogP contribution in [0.5, 0.6) is 0 Å². The zero-order valence-electron chi connectivity index (χ0n) is 17.5. The highest BCUT2D eigenvalue weighted by molar-refractivity contribution is 7.99. The molecular weight excluding hydrogens is 446 g/mol. The topological polar surface area (TPSA) is 113 Å². The molecule has 0 bridgehead atoms. The molecule has 0 unspecified atom stereocenters. The Morgan fingerprint density at radius 1 is 1.03 bits per heavy atom. The summed E-state index contributed by atoms with van der Waals surface area (Å²) in [7, 11) is -3.76. The Balaban J connectivity index is 1.55. The van der Waals surface area contributed by atoms with E-state index in [4.69, 9.17) is 5.14 Å². The van der Waals surface area contributed by atoms with Crippen LogP contribution in [-0.2, 0) is 10.0 Å². The number of nitrogens with zero attached hydrogens (tertiary/aromatic N) is 4. The number of primary sulfonamides is 1. The molecule has 32 heavy (non-hydrogen) atoms. The van der Waals surface area contributed by atoms with E-state index in [0.717, 1.165) is 22.8 Å². The highest BCUT2D eigenvalue weighted by Gasteiger charge is 2.19. The Hall–Kier alpha value is -3.21. The summed E-state index contributed by atoms with van der Waals surface area (Å²) >= 11 is 1.33. The zero-order valence-corrected chi connectivity index (χ0v) is 19.1. The molecular formula is C22H21N5O3S2. The first-order valence-electron chi connectivity index (χ1n) is 9.69. The first kappa shape index (κ1) is 22.0. The third-order valence-corrected chi connectivity index (χ3v) is 6.91. The molecule has 0 aliphatic carbocycles. The van der Waals surface area contributed by atoms with E-state index in [9.17, 15) is 13.2 Å². The molecule has 2 aromatic heterocycles. The van der Waals surface area contributed by atoms with Gasteiger partial charge in [-0.1, -0.05) is 30.0 Å². The average Bonchev–Trinajstić information content (AvgIpc) is 3.36. The van der Waals surface area contributed by atoms with Crippen molar-refractivity contribution in [2.45, 2.75) is 23.9 Å². The van der Waals surface area contributed by atoms with Gasteiger partial charge in [0.05, 0.1) is 10.6 Å². The van der Waals surface area contributed by atoms with Gasteiger partial charge in [0, 0.05) is 28.3 Å². The van der Waals surface area contributed by atoms with E-state index in [0.29, 0.717) is 10.7 Å². The average molecular weight is 468 g/mol. The molecule has 10 heteroatoms. The number of rotatable bonds is 7. The number of hydrogen-bond donors (Lipinski definition) is 1. The molecule has 2 aromatic carbocycles. The van der Waals surface area contributed by atoms with Crippen LogP contribution >= 0.6 is 11.8 Å². The third kappa shape index (κ3) is 4.38. The van der Waals surface area contributed by atoms with E-state index < -0.39 is 10.0 Å². The second-order valence-corrected chi connectivity index (χ2v) is 9.69. The lowest BCUT2D eigenvalue weighted by atomic mass is 10.2. The van der Waals surface area contributed by atoms with E-state index in [-0.39, 0.29) is 16.4 Å². The molecule has 0 aliphatic heterocycles. The summed E-state index contributed by atoms with van der Waals surface area (Å²) in [6, 6.07) is 17.8. The Morgan fingerprint density at radius 2 is 1.72 bits per heavy atom. The number of benzene rings is 2. The number of hydrogen-bond acceptors (Lipinski definition) is 6. The largest absolute Gasteiger partial charge is 0.318 e. The lowest BCUT2D eigenvalue weighted by Gasteiger charge is -2.10. The van der Waals surface area contributed by atoms with Gasteiger partial charge in [-0.3, -0.25) is 9.36 Å². The lowest BCUT2D eigenvalue weighted by Crippen LogP contribution is -2.12. The fraction of sp³-hybridized carbons (Fsp3) is 0.136. The summed E-state index contributed by atoms with van der Waals surface area (Å²) in [5, 5.41) is 13.9. The normalized spacial score (nSPS) is 11.6. The monoisotopic (exact) mass is 467 g/mol. The first-order valence-corrected chi connectivity index (χ1v) is 12.2. The fourth-order valence-corrected chi connectivity index (χ4v) is 4.85. The van der Waals surface area contributed by atoms with Crippen molar-refractivity contribution in [1.82, 2.24) is 19.3 Å². The number of nitrogens with two attached hydrogens (primary N) is 1. The molecule has 0 radical (unpaired) electrons. The number of sulfonamides is 1. The summed E-state index contributed by atoms with van der Waals surface area (Å²) in [6.45, 7) is 3.77. The van der Waals surface area contributed by atoms with Crippen molar-refractivity contribution in [3.63, 3.8) is 0 Å². The van der Waals surface area contributed by atoms with Crippen molar-refractivity contribution in [3.05, 3.63) is 83.9 Å². The predicted octanol–water partition coefficient (Wildman–Crippen LogP) is 3.30. The number of ketones is 1. The number of Topliss-reactive ketones (excluding diaryl/α,β-unsaturated/α-hetero) is 1. The van der Waals surface area contributed by atoms with Crippen LogP contribution in [0.25, 0.3) is 11.4 Å². The number of thioether (sulfide) groups is 1. The number of aryl methyl sites for hydroxylation is 1. The standard InChI is InChI=1S/C22H21N5O3S2/c1-15-12-20(16(2)27(15)18-8-10-19(11-9-18)32(23,29)30)21(28)13-31-22-25-24-14-26(22)17-6-4-3-5-7-17/h3-12,14H,13H2,1-2H3,(H2,23,29,30). The molecule has 4 rings (SSSR count). The van der Waals surface area contributed by atoms with Crippen molar-refractivity contribution < 1.29 is 13.2 Å². The molecule has 4 aromatic rings. The van der Waals surface area contributed by atoms with Crippen LogP contribution in [0.4, 0.5) is 0 Å². The van der Waals surface area contributed by atoms with E-state index in [2.05, 4.69) is 10.2 Å². The Labute approximate surface area is 190 Å². The maximum absolute atomic E-state index is 13.0. The SMILES string of the molecule is Cc1cc(C(=O)CSc2nncn2-c2ccccc2)c(C)n1-c1ccc(S(N)(=O)=O)cc1. The molecule has 2 heterocycles. The van der Waals surface area contributed by atoms with Gasteiger partial charge in [-0.2, -0.15) is 0 Å². The summed E-state index contributed by atoms with van der Waals surface area (Å²) in [5.74, 6) is 0.179. The van der Waals surface area contributed by atoms with Crippen LogP contribution in [0.15, 0.2) is 77.0 Å². The molecule has 0 fully saturated rings. The number of carbonyl (C=O) groups excluding carboxylic acids is 1. The van der Waals surface area contributed by atoms with Gasteiger partial charge >= 0.3 is 0 Å². The van der Waals surface area contributed by atoms with Crippen LogP contribution in [-0.4, -0.2) is 39.3 Å². The van der Waals surface area contributed by atoms with Gasteiger partial charge in [0.25, 0.3) is 0 Å². The van der Waals surface area contributed by atoms with Gasteiger partial charge in [-0.05, 0) is 56.3 Å². The van der Waals surface area contributed by atoms with Gasteiger partial charge in [0.15, 0.2) is 10.9 Å². The minimum Gasteiger partial charge on any atom is -0.318 e. The van der Waals surface area contributed by atoms with Crippen LogP contribution < -0.4 is 5.14 Å². The van der Waals surface area contributed by atoms with Crippen molar-refractivity contribution in [2.75, 3.05) is 5.75 Å². The summed E-state index contributed by atoms with van der Waals surface area (Å²) in [6.07, 6.45) is 1.62. The second kappa shape index (κ2) is 8.73. The van der Waals surface area contributed by atoms with Gasteiger partial charge in [-0.15, -0.1) is 10.2 Å². The van der Waals surface area contributed by atoms with Gasteiger partial charge < -0.3 is 4.57 Å². The summed E-state index contributed by atoms with van der Waals surface area (Å²) in [4.78, 5) is 13.0. The first-order chi connectivity index (χ1) is 15.3. The van der Waals surface area contributed by atoms with E-state index in [1.807, 2.05) is 59.4 Å². The van der Waals surface area contributed by atoms with Gasteiger partial charge in [0.2, 0.25) is 10.0 Å². The highest BCUT2D eigenvalue weighted by atomic mass is 32.2. The van der Waals surface area contributed by atoms with Crippen LogP contribution in [0.2, 0.25) is 0 Å².